The van der Waals surface area contributed by atoms with Crippen LogP contribution in [0.2, 0.25) is 0 Å². The third-order valence-electron chi connectivity index (χ3n) is 7.98. The number of rotatable bonds is 32. The minimum atomic E-state index is -0.171. The largest absolute Gasteiger partial charge is 0.462 e. The van der Waals surface area contributed by atoms with E-state index in [2.05, 4.69) is 26.8 Å². The Balaban J connectivity index is 4.32. The van der Waals surface area contributed by atoms with Gasteiger partial charge >= 0.3 is 11.9 Å². The first kappa shape index (κ1) is 43.5. The van der Waals surface area contributed by atoms with E-state index in [9.17, 15) is 14.4 Å². The first-order chi connectivity index (χ1) is 22.0. The van der Waals surface area contributed by atoms with Gasteiger partial charge in [-0.05, 0) is 64.2 Å². The fourth-order valence-corrected chi connectivity index (χ4v) is 5.84. The van der Waals surface area contributed by atoms with Gasteiger partial charge in [-0.1, -0.05) is 115 Å². The Hall–Kier alpha value is -1.54. The number of carbonyl (C=O) groups excluding carboxylic acids is 3. The second-order valence-corrected chi connectivity index (χ2v) is 13.3. The van der Waals surface area contributed by atoms with Gasteiger partial charge in [0.15, 0.2) is 0 Å². The summed E-state index contributed by atoms with van der Waals surface area (Å²) in [6, 6.07) is 0. The Kier molecular flexibility index (Phi) is 32.7. The standard InChI is InChI=1S/C37H69NO6S/c1-4-7-10-13-14-15-24-32-43-35(40)27-20-16-22-29-38(37(42)45-33-31-39)30-23-17-21-28-36(41)44-34(25-18-11-8-5-2)26-19-12-9-6-3/h15,24,34,39H,4-14,16-23,25-33H2,1-3H3/b24-15-. The molecule has 0 atom stereocenters. The number of aliphatic hydroxyl groups excluding tert-OH is 1. The van der Waals surface area contributed by atoms with Gasteiger partial charge < -0.3 is 19.5 Å². The van der Waals surface area contributed by atoms with E-state index in [0.29, 0.717) is 38.3 Å². The van der Waals surface area contributed by atoms with E-state index < -0.39 is 0 Å². The van der Waals surface area contributed by atoms with E-state index >= 15 is 0 Å². The quantitative estimate of drug-likeness (QED) is 0.0438. The van der Waals surface area contributed by atoms with E-state index in [1.807, 2.05) is 11.0 Å². The maximum absolute atomic E-state index is 12.7. The van der Waals surface area contributed by atoms with E-state index in [4.69, 9.17) is 14.6 Å². The van der Waals surface area contributed by atoms with Crippen LogP contribution in [0.3, 0.4) is 0 Å². The van der Waals surface area contributed by atoms with Gasteiger partial charge in [0, 0.05) is 31.7 Å². The fourth-order valence-electron chi connectivity index (χ4n) is 5.21. The van der Waals surface area contributed by atoms with Crippen molar-refractivity contribution in [2.45, 2.75) is 175 Å². The number of hydrogen-bond acceptors (Lipinski definition) is 7. The normalized spacial score (nSPS) is 11.4. The smallest absolute Gasteiger partial charge is 0.306 e. The van der Waals surface area contributed by atoms with Crippen molar-refractivity contribution in [1.82, 2.24) is 4.90 Å². The predicted molar refractivity (Wildman–Crippen MR) is 190 cm³/mol. The zero-order chi connectivity index (χ0) is 33.2. The summed E-state index contributed by atoms with van der Waals surface area (Å²) in [5, 5.41) is 9.14. The van der Waals surface area contributed by atoms with Crippen LogP contribution >= 0.6 is 11.8 Å². The van der Waals surface area contributed by atoms with E-state index in [1.165, 1.54) is 64.2 Å². The van der Waals surface area contributed by atoms with Gasteiger partial charge in [-0.3, -0.25) is 14.4 Å². The first-order valence-electron chi connectivity index (χ1n) is 18.5. The molecule has 0 saturated carbocycles. The third-order valence-corrected chi connectivity index (χ3v) is 8.87. The Morgan fingerprint density at radius 3 is 1.76 bits per heavy atom. The van der Waals surface area contributed by atoms with Crippen molar-refractivity contribution in [3.05, 3.63) is 12.2 Å². The van der Waals surface area contributed by atoms with Crippen molar-refractivity contribution in [2.24, 2.45) is 0 Å². The van der Waals surface area contributed by atoms with Crippen molar-refractivity contribution in [1.29, 1.82) is 0 Å². The van der Waals surface area contributed by atoms with Crippen LogP contribution < -0.4 is 0 Å². The Bertz CT molecular complexity index is 720. The molecule has 0 radical (unpaired) electrons. The number of aliphatic hydroxyl groups is 1. The summed E-state index contributed by atoms with van der Waals surface area (Å²) in [4.78, 5) is 39.1. The zero-order valence-corrected chi connectivity index (χ0v) is 30.2. The Labute approximate surface area is 281 Å². The van der Waals surface area contributed by atoms with Gasteiger partial charge in [0.2, 0.25) is 0 Å². The first-order valence-corrected chi connectivity index (χ1v) is 19.5. The molecule has 0 aliphatic rings. The van der Waals surface area contributed by atoms with Gasteiger partial charge in [-0.25, -0.2) is 0 Å². The molecule has 0 aliphatic heterocycles. The molecule has 0 aromatic rings. The molecule has 1 N–H and O–H groups in total. The van der Waals surface area contributed by atoms with Gasteiger partial charge in [-0.15, -0.1) is 0 Å². The number of amides is 1. The van der Waals surface area contributed by atoms with Crippen molar-refractivity contribution in [2.75, 3.05) is 32.1 Å². The SMILES string of the molecule is CCCCCC/C=C\COC(=O)CCCCCN(CCCCCC(=O)OC(CCCCCC)CCCCCC)C(=O)SCCO. The number of allylic oxidation sites excluding steroid dienone is 1. The molecule has 0 spiro atoms. The monoisotopic (exact) mass is 655 g/mol. The summed E-state index contributed by atoms with van der Waals surface area (Å²) in [6.45, 7) is 8.21. The number of unbranched alkanes of at least 4 members (excludes halogenated alkanes) is 14. The Morgan fingerprint density at radius 1 is 0.667 bits per heavy atom. The maximum Gasteiger partial charge on any atom is 0.306 e. The highest BCUT2D eigenvalue weighted by Crippen LogP contribution is 2.18. The second-order valence-electron chi connectivity index (χ2n) is 12.3. The van der Waals surface area contributed by atoms with Crippen molar-refractivity contribution >= 4 is 28.9 Å². The third kappa shape index (κ3) is 29.6. The molecule has 0 aromatic heterocycles. The number of carbonyl (C=O) groups is 3. The van der Waals surface area contributed by atoms with Gasteiger partial charge in [0.25, 0.3) is 5.24 Å². The highest BCUT2D eigenvalue weighted by molar-refractivity contribution is 8.13. The topological polar surface area (TPSA) is 93.1 Å². The molecule has 264 valence electrons. The van der Waals surface area contributed by atoms with E-state index in [0.717, 1.165) is 82.4 Å². The van der Waals surface area contributed by atoms with Crippen molar-refractivity contribution in [3.8, 4) is 0 Å². The predicted octanol–water partition coefficient (Wildman–Crippen LogP) is 10.2. The van der Waals surface area contributed by atoms with Gasteiger partial charge in [-0.2, -0.15) is 0 Å². The van der Waals surface area contributed by atoms with Gasteiger partial charge in [0.05, 0.1) is 6.61 Å². The van der Waals surface area contributed by atoms with E-state index in [1.54, 1.807) is 0 Å². The molecule has 0 aromatic carbocycles. The number of hydrogen-bond donors (Lipinski definition) is 1. The minimum absolute atomic E-state index is 0.0154. The average Bonchev–Trinajstić information content (AvgIpc) is 3.03. The number of esters is 2. The van der Waals surface area contributed by atoms with Crippen LogP contribution in [0, 0.1) is 0 Å². The van der Waals surface area contributed by atoms with Gasteiger partial charge in [0.1, 0.15) is 12.7 Å². The summed E-state index contributed by atoms with van der Waals surface area (Å²) in [5.74, 6) is 0.127. The molecular weight excluding hydrogens is 586 g/mol. The number of thioether (sulfide) groups is 1. The van der Waals surface area contributed by atoms with Crippen LogP contribution in [0.5, 0.6) is 0 Å². The molecule has 8 heteroatoms. The Morgan fingerprint density at radius 2 is 1.20 bits per heavy atom. The van der Waals surface area contributed by atoms with Crippen LogP contribution in [0.1, 0.15) is 168 Å². The van der Waals surface area contributed by atoms with Crippen LogP contribution in [-0.2, 0) is 19.1 Å². The fraction of sp³-hybridized carbons (Fsp3) is 0.865. The summed E-state index contributed by atoms with van der Waals surface area (Å²) >= 11 is 1.15. The average molecular weight is 656 g/mol. The highest BCUT2D eigenvalue weighted by Gasteiger charge is 2.16. The minimum Gasteiger partial charge on any atom is -0.462 e. The molecular formula is C37H69NO6S. The highest BCUT2D eigenvalue weighted by atomic mass is 32.2. The molecule has 0 bridgehead atoms. The lowest BCUT2D eigenvalue weighted by Gasteiger charge is -2.22. The lowest BCUT2D eigenvalue weighted by molar-refractivity contribution is -0.150. The lowest BCUT2D eigenvalue weighted by atomic mass is 10.0. The summed E-state index contributed by atoms with van der Waals surface area (Å²) in [5.41, 5.74) is 0. The van der Waals surface area contributed by atoms with Crippen molar-refractivity contribution < 1.29 is 29.0 Å². The molecule has 0 aliphatic carbocycles. The van der Waals surface area contributed by atoms with Crippen LogP contribution in [-0.4, -0.2) is 65.3 Å². The molecule has 7 nitrogen and oxygen atoms in total. The number of nitrogens with zero attached hydrogens (tertiary/aromatic N) is 1. The molecule has 0 saturated heterocycles. The summed E-state index contributed by atoms with van der Waals surface area (Å²) in [6.07, 6.45) is 27.2. The molecule has 0 heterocycles. The van der Waals surface area contributed by atoms with Crippen LogP contribution in [0.25, 0.3) is 0 Å². The lowest BCUT2D eigenvalue weighted by Crippen LogP contribution is -2.30. The van der Waals surface area contributed by atoms with Crippen LogP contribution in [0.4, 0.5) is 4.79 Å². The molecule has 1 amide bonds. The molecule has 0 rings (SSSR count). The van der Waals surface area contributed by atoms with E-state index in [-0.39, 0.29) is 29.9 Å². The number of ether oxygens (including phenoxy) is 2. The zero-order valence-electron chi connectivity index (χ0n) is 29.4. The molecule has 0 unspecified atom stereocenters. The van der Waals surface area contributed by atoms with Crippen molar-refractivity contribution in [3.63, 3.8) is 0 Å². The maximum atomic E-state index is 12.7. The molecule has 45 heavy (non-hydrogen) atoms. The summed E-state index contributed by atoms with van der Waals surface area (Å²) < 4.78 is 11.2. The van der Waals surface area contributed by atoms with Crippen LogP contribution in [0.15, 0.2) is 12.2 Å². The molecule has 0 fully saturated rings. The second kappa shape index (κ2) is 33.8. The summed E-state index contributed by atoms with van der Waals surface area (Å²) in [7, 11) is 0.